The van der Waals surface area contributed by atoms with E-state index in [0.29, 0.717) is 11.3 Å². The van der Waals surface area contributed by atoms with Crippen LogP contribution in [0.3, 0.4) is 0 Å². The van der Waals surface area contributed by atoms with Gasteiger partial charge in [-0.1, -0.05) is 18.2 Å². The number of nitrogens with one attached hydrogen (secondary N) is 1. The zero-order valence-electron chi connectivity index (χ0n) is 16.1. The van der Waals surface area contributed by atoms with Crippen LogP contribution in [-0.2, 0) is 34.0 Å². The molecule has 0 aromatic heterocycles. The van der Waals surface area contributed by atoms with Gasteiger partial charge in [-0.15, -0.1) is 0 Å². The average molecular weight is 386 g/mol. The Balaban J connectivity index is 2.35. The number of nitrogens with two attached hydrogens (primary N) is 1. The SMILES string of the molecule is CCOC(=O)C1=C(C)OC(N)=C(C(=O)OC(C)C)C12C(=O)Nc1ccccc12. The molecule has 2 heterocycles. The zero-order valence-corrected chi connectivity index (χ0v) is 16.1. The number of carbonyl (C=O) groups is 3. The number of para-hydroxylation sites is 1. The van der Waals surface area contributed by atoms with Crippen LogP contribution in [0.4, 0.5) is 5.69 Å². The summed E-state index contributed by atoms with van der Waals surface area (Å²) in [5.74, 6) is -2.41. The second-order valence-corrected chi connectivity index (χ2v) is 6.70. The Bertz CT molecular complexity index is 930. The molecule has 0 bridgehead atoms. The number of carbonyl (C=O) groups excluding carboxylic acids is 3. The van der Waals surface area contributed by atoms with Gasteiger partial charge in [-0.25, -0.2) is 9.59 Å². The van der Waals surface area contributed by atoms with E-state index in [1.807, 2.05) is 0 Å². The molecule has 8 heteroatoms. The van der Waals surface area contributed by atoms with Crippen LogP contribution in [0.5, 0.6) is 0 Å². The molecule has 0 fully saturated rings. The van der Waals surface area contributed by atoms with Gasteiger partial charge in [-0.3, -0.25) is 4.79 Å². The van der Waals surface area contributed by atoms with E-state index in [9.17, 15) is 14.4 Å². The van der Waals surface area contributed by atoms with Crippen molar-refractivity contribution in [3.63, 3.8) is 0 Å². The number of benzene rings is 1. The van der Waals surface area contributed by atoms with Crippen LogP contribution in [0, 0.1) is 0 Å². The molecule has 148 valence electrons. The highest BCUT2D eigenvalue weighted by Gasteiger charge is 2.61. The van der Waals surface area contributed by atoms with Gasteiger partial charge in [0.1, 0.15) is 22.3 Å². The monoisotopic (exact) mass is 386 g/mol. The van der Waals surface area contributed by atoms with Crippen LogP contribution < -0.4 is 11.1 Å². The lowest BCUT2D eigenvalue weighted by Gasteiger charge is -2.35. The van der Waals surface area contributed by atoms with Crippen molar-refractivity contribution >= 4 is 23.5 Å². The van der Waals surface area contributed by atoms with Gasteiger partial charge in [0.05, 0.1) is 12.7 Å². The molecule has 1 spiro atoms. The van der Waals surface area contributed by atoms with Crippen molar-refractivity contribution in [1.29, 1.82) is 0 Å². The Morgan fingerprint density at radius 3 is 2.54 bits per heavy atom. The molecule has 8 nitrogen and oxygen atoms in total. The molecule has 0 saturated carbocycles. The molecule has 3 N–H and O–H groups in total. The van der Waals surface area contributed by atoms with Gasteiger partial charge >= 0.3 is 11.9 Å². The maximum Gasteiger partial charge on any atom is 0.341 e. The topological polar surface area (TPSA) is 117 Å². The Morgan fingerprint density at radius 1 is 1.21 bits per heavy atom. The summed E-state index contributed by atoms with van der Waals surface area (Å²) in [5.41, 5.74) is 4.77. The number of amides is 1. The van der Waals surface area contributed by atoms with E-state index in [1.54, 1.807) is 45.0 Å². The van der Waals surface area contributed by atoms with E-state index < -0.39 is 29.4 Å². The molecule has 0 saturated heterocycles. The number of anilines is 1. The Morgan fingerprint density at radius 2 is 1.89 bits per heavy atom. The largest absolute Gasteiger partial charge is 0.462 e. The Labute approximate surface area is 162 Å². The van der Waals surface area contributed by atoms with E-state index >= 15 is 0 Å². The van der Waals surface area contributed by atoms with Gasteiger partial charge in [0, 0.05) is 11.3 Å². The quantitative estimate of drug-likeness (QED) is 0.759. The van der Waals surface area contributed by atoms with Gasteiger partial charge in [0.2, 0.25) is 11.8 Å². The second kappa shape index (κ2) is 7.03. The van der Waals surface area contributed by atoms with Gasteiger partial charge in [-0.2, -0.15) is 0 Å². The van der Waals surface area contributed by atoms with Gasteiger partial charge in [0.25, 0.3) is 0 Å². The summed E-state index contributed by atoms with van der Waals surface area (Å²) in [6.07, 6.45) is -0.470. The van der Waals surface area contributed by atoms with Gasteiger partial charge in [-0.05, 0) is 33.8 Å². The van der Waals surface area contributed by atoms with Crippen molar-refractivity contribution in [2.24, 2.45) is 5.73 Å². The fourth-order valence-corrected chi connectivity index (χ4v) is 3.62. The third kappa shape index (κ3) is 2.72. The number of hydrogen-bond donors (Lipinski definition) is 2. The first-order valence-electron chi connectivity index (χ1n) is 8.93. The molecule has 0 aliphatic carbocycles. The van der Waals surface area contributed by atoms with Gasteiger partial charge < -0.3 is 25.3 Å². The summed E-state index contributed by atoms with van der Waals surface area (Å²) in [6.45, 7) is 6.56. The molecule has 2 aliphatic rings. The minimum Gasteiger partial charge on any atom is -0.462 e. The minimum atomic E-state index is -1.82. The predicted octanol–water partition coefficient (Wildman–Crippen LogP) is 1.87. The predicted molar refractivity (Wildman–Crippen MR) is 99.6 cm³/mol. The van der Waals surface area contributed by atoms with Crippen molar-refractivity contribution in [3.8, 4) is 0 Å². The number of esters is 2. The molecule has 1 aromatic rings. The first-order valence-corrected chi connectivity index (χ1v) is 8.93. The molecule has 2 aliphatic heterocycles. The summed E-state index contributed by atoms with van der Waals surface area (Å²) in [6, 6.07) is 6.77. The minimum absolute atomic E-state index is 0.0833. The van der Waals surface area contributed by atoms with Crippen LogP contribution in [0.25, 0.3) is 0 Å². The fraction of sp³-hybridized carbons (Fsp3) is 0.350. The van der Waals surface area contributed by atoms with E-state index in [-0.39, 0.29) is 29.4 Å². The van der Waals surface area contributed by atoms with Crippen LogP contribution in [0.2, 0.25) is 0 Å². The summed E-state index contributed by atoms with van der Waals surface area (Å²) < 4.78 is 16.0. The molecule has 1 amide bonds. The lowest BCUT2D eigenvalue weighted by atomic mass is 9.67. The molecule has 1 unspecified atom stereocenters. The summed E-state index contributed by atoms with van der Waals surface area (Å²) in [5, 5.41) is 2.73. The van der Waals surface area contributed by atoms with Gasteiger partial charge in [0.15, 0.2) is 0 Å². The van der Waals surface area contributed by atoms with E-state index in [4.69, 9.17) is 19.9 Å². The highest BCUT2D eigenvalue weighted by atomic mass is 16.6. The van der Waals surface area contributed by atoms with Crippen molar-refractivity contribution < 1.29 is 28.6 Å². The summed E-state index contributed by atoms with van der Waals surface area (Å²) in [4.78, 5) is 39.2. The van der Waals surface area contributed by atoms with E-state index in [2.05, 4.69) is 5.32 Å². The molecule has 1 atom stereocenters. The Hall–Kier alpha value is -3.29. The van der Waals surface area contributed by atoms with Crippen LogP contribution in [0.1, 0.15) is 33.3 Å². The highest BCUT2D eigenvalue weighted by Crippen LogP contribution is 2.52. The maximum atomic E-state index is 13.3. The summed E-state index contributed by atoms with van der Waals surface area (Å²) >= 11 is 0. The highest BCUT2D eigenvalue weighted by molar-refractivity contribution is 6.21. The molecule has 3 rings (SSSR count). The average Bonchev–Trinajstić information content (AvgIpc) is 2.87. The molecular formula is C20H22N2O6. The third-order valence-corrected chi connectivity index (χ3v) is 4.56. The third-order valence-electron chi connectivity index (χ3n) is 4.56. The number of allylic oxidation sites excluding steroid dienone is 1. The van der Waals surface area contributed by atoms with Crippen LogP contribution in [-0.4, -0.2) is 30.6 Å². The number of rotatable bonds is 4. The van der Waals surface area contributed by atoms with Crippen molar-refractivity contribution in [2.75, 3.05) is 11.9 Å². The fourth-order valence-electron chi connectivity index (χ4n) is 3.62. The number of hydrogen-bond acceptors (Lipinski definition) is 7. The van der Waals surface area contributed by atoms with Crippen molar-refractivity contribution in [1.82, 2.24) is 0 Å². The smallest absolute Gasteiger partial charge is 0.341 e. The summed E-state index contributed by atoms with van der Waals surface area (Å²) in [7, 11) is 0. The molecule has 1 aromatic carbocycles. The van der Waals surface area contributed by atoms with Crippen molar-refractivity contribution in [2.45, 2.75) is 39.2 Å². The zero-order chi connectivity index (χ0) is 20.6. The molecular weight excluding hydrogens is 364 g/mol. The maximum absolute atomic E-state index is 13.3. The van der Waals surface area contributed by atoms with E-state index in [1.165, 1.54) is 6.92 Å². The lowest BCUT2D eigenvalue weighted by molar-refractivity contribution is -0.145. The van der Waals surface area contributed by atoms with E-state index in [0.717, 1.165) is 0 Å². The standard InChI is InChI=1S/C20H22N2O6/c1-5-26-17(23)14-11(4)28-16(21)15(18(24)27-10(2)3)20(14)12-8-6-7-9-13(12)22-19(20)25/h6-10H,5,21H2,1-4H3,(H,22,25). The second-order valence-electron chi connectivity index (χ2n) is 6.70. The number of ether oxygens (including phenoxy) is 3. The first-order chi connectivity index (χ1) is 13.2. The first kappa shape index (κ1) is 19.5. The molecule has 28 heavy (non-hydrogen) atoms. The lowest BCUT2D eigenvalue weighted by Crippen LogP contribution is -2.48. The van der Waals surface area contributed by atoms with Crippen LogP contribution >= 0.6 is 0 Å². The Kier molecular flexibility index (Phi) is 4.89. The van der Waals surface area contributed by atoms with Crippen molar-refractivity contribution in [3.05, 3.63) is 52.6 Å². The number of fused-ring (bicyclic) bond motifs is 2. The normalized spacial score (nSPS) is 20.8. The van der Waals surface area contributed by atoms with Crippen LogP contribution in [0.15, 0.2) is 47.1 Å². The molecule has 0 radical (unpaired) electrons.